The van der Waals surface area contributed by atoms with Crippen LogP contribution in [0, 0.1) is 0 Å². The van der Waals surface area contributed by atoms with Gasteiger partial charge in [0.05, 0.1) is 22.4 Å². The molecule has 2 aliphatic rings. The number of fused-ring (bicyclic) bond motifs is 14. The summed E-state index contributed by atoms with van der Waals surface area (Å²) in [4.78, 5) is 2.58. The summed E-state index contributed by atoms with van der Waals surface area (Å²) in [5.74, 6) is 0. The summed E-state index contributed by atoms with van der Waals surface area (Å²) in [6, 6.07) is 55.6. The standard InChI is InChI=1S/C44H25BN2O/c1-3-14-28-26(11-1)13-9-21-36(28)46-43-29-15-4-2-12-27(29)23-24-35(43)45-41-34(25-39-40(44(41)46)33-17-6-8-22-38(33)48-39)32-19-10-18-31-30-16-5-7-20-37(30)47(45)42(31)32/h1-25H. The number of hydrogen-bond donors (Lipinski definition) is 0. The molecule has 4 heterocycles. The van der Waals surface area contributed by atoms with Crippen LogP contribution in [0.5, 0.6) is 0 Å². The first-order chi connectivity index (χ1) is 23.8. The van der Waals surface area contributed by atoms with Crippen LogP contribution in [0.25, 0.3) is 76.4 Å². The fraction of sp³-hybridized carbons (Fsp3) is 0. The van der Waals surface area contributed by atoms with Gasteiger partial charge in [-0.3, -0.25) is 0 Å². The largest absolute Gasteiger partial charge is 0.456 e. The molecule has 8 aromatic carbocycles. The van der Waals surface area contributed by atoms with Crippen molar-refractivity contribution in [3.8, 4) is 11.1 Å². The van der Waals surface area contributed by atoms with Crippen LogP contribution in [0.1, 0.15) is 0 Å². The van der Waals surface area contributed by atoms with Crippen molar-refractivity contribution in [2.24, 2.45) is 0 Å². The minimum atomic E-state index is -0.0313. The number of rotatable bonds is 1. The van der Waals surface area contributed by atoms with Gasteiger partial charge in [0.25, 0.3) is 0 Å². The first kappa shape index (κ1) is 24.9. The molecule has 0 radical (unpaired) electrons. The molecule has 0 saturated carbocycles. The molecule has 0 fully saturated rings. The molecule has 2 aromatic heterocycles. The normalized spacial score (nSPS) is 13.3. The molecule has 48 heavy (non-hydrogen) atoms. The molecule has 10 aromatic rings. The second-order valence-electron chi connectivity index (χ2n) is 13.2. The van der Waals surface area contributed by atoms with E-state index in [-0.39, 0.29) is 6.85 Å². The Bertz CT molecular complexity index is 3040. The zero-order valence-corrected chi connectivity index (χ0v) is 25.8. The summed E-state index contributed by atoms with van der Waals surface area (Å²) in [5, 5.41) is 9.80. The van der Waals surface area contributed by atoms with E-state index in [1.807, 2.05) is 0 Å². The maximum Gasteiger partial charge on any atom is 0.333 e. The average Bonchev–Trinajstić information content (AvgIpc) is 3.69. The minimum absolute atomic E-state index is 0.0313. The van der Waals surface area contributed by atoms with Gasteiger partial charge in [-0.15, -0.1) is 0 Å². The van der Waals surface area contributed by atoms with Crippen LogP contribution in [-0.2, 0) is 0 Å². The van der Waals surface area contributed by atoms with Crippen LogP contribution in [0.15, 0.2) is 156 Å². The highest BCUT2D eigenvalue weighted by molar-refractivity contribution is 6.90. The Kier molecular flexibility index (Phi) is 4.54. The summed E-state index contributed by atoms with van der Waals surface area (Å²) >= 11 is 0. The summed E-state index contributed by atoms with van der Waals surface area (Å²) in [6.45, 7) is -0.0313. The van der Waals surface area contributed by atoms with E-state index in [1.165, 1.54) is 82.5 Å². The van der Waals surface area contributed by atoms with Gasteiger partial charge in [-0.25, -0.2) is 0 Å². The summed E-state index contributed by atoms with van der Waals surface area (Å²) < 4.78 is 9.41. The SMILES string of the molecule is c1ccc2c(N3c4c(ccc5ccccc45)B4c5c(cc6oc7ccccc7c6c53)-c3cccc5c6ccccc6n4c35)cccc2c1. The average molecular weight is 609 g/mol. The molecule has 0 saturated heterocycles. The smallest absolute Gasteiger partial charge is 0.333 e. The second-order valence-corrected chi connectivity index (χ2v) is 13.2. The molecular weight excluding hydrogens is 583 g/mol. The molecule has 0 amide bonds. The van der Waals surface area contributed by atoms with Crippen molar-refractivity contribution in [1.82, 2.24) is 4.48 Å². The van der Waals surface area contributed by atoms with Crippen LogP contribution < -0.4 is 15.8 Å². The molecule has 0 N–H and O–H groups in total. The monoisotopic (exact) mass is 608 g/mol. The van der Waals surface area contributed by atoms with E-state index in [0.29, 0.717) is 0 Å². The Morgan fingerprint density at radius 1 is 0.479 bits per heavy atom. The van der Waals surface area contributed by atoms with Crippen molar-refractivity contribution >= 4 is 100 Å². The fourth-order valence-corrected chi connectivity index (χ4v) is 9.07. The predicted octanol–water partition coefficient (Wildman–Crippen LogP) is 10.4. The van der Waals surface area contributed by atoms with Gasteiger partial charge in [-0.05, 0) is 51.5 Å². The molecule has 0 unspecified atom stereocenters. The maximum absolute atomic E-state index is 6.78. The zero-order valence-electron chi connectivity index (χ0n) is 25.8. The van der Waals surface area contributed by atoms with Crippen molar-refractivity contribution in [3.05, 3.63) is 152 Å². The molecule has 0 aliphatic carbocycles. The van der Waals surface area contributed by atoms with E-state index in [4.69, 9.17) is 4.42 Å². The number of aromatic nitrogens is 1. The van der Waals surface area contributed by atoms with Crippen LogP contribution in [0.3, 0.4) is 0 Å². The number of para-hydroxylation sites is 3. The lowest BCUT2D eigenvalue weighted by Crippen LogP contribution is -2.56. The van der Waals surface area contributed by atoms with Crippen molar-refractivity contribution in [2.75, 3.05) is 4.90 Å². The van der Waals surface area contributed by atoms with Gasteiger partial charge in [-0.1, -0.05) is 127 Å². The fourth-order valence-electron chi connectivity index (χ4n) is 9.07. The predicted molar refractivity (Wildman–Crippen MR) is 202 cm³/mol. The molecular formula is C44H25BN2O. The highest BCUT2D eigenvalue weighted by Gasteiger charge is 2.45. The summed E-state index contributed by atoms with van der Waals surface area (Å²) in [5.41, 5.74) is 13.1. The van der Waals surface area contributed by atoms with Crippen molar-refractivity contribution in [2.45, 2.75) is 0 Å². The first-order valence-corrected chi connectivity index (χ1v) is 16.6. The third kappa shape index (κ3) is 2.93. The lowest BCUT2D eigenvalue weighted by atomic mass is 9.44. The van der Waals surface area contributed by atoms with E-state index in [0.717, 1.165) is 21.9 Å². The molecule has 0 bridgehead atoms. The molecule has 4 heteroatoms. The van der Waals surface area contributed by atoms with Crippen LogP contribution in [0.2, 0.25) is 0 Å². The number of nitrogens with zero attached hydrogens (tertiary/aromatic N) is 2. The van der Waals surface area contributed by atoms with E-state index in [1.54, 1.807) is 0 Å². The van der Waals surface area contributed by atoms with E-state index in [9.17, 15) is 0 Å². The number of furan rings is 1. The zero-order chi connectivity index (χ0) is 31.1. The molecule has 2 aliphatic heterocycles. The first-order valence-electron chi connectivity index (χ1n) is 16.6. The minimum Gasteiger partial charge on any atom is -0.456 e. The highest BCUT2D eigenvalue weighted by atomic mass is 16.3. The third-order valence-corrected chi connectivity index (χ3v) is 10.9. The van der Waals surface area contributed by atoms with Crippen LogP contribution >= 0.6 is 0 Å². The quantitative estimate of drug-likeness (QED) is 0.173. The van der Waals surface area contributed by atoms with Gasteiger partial charge in [0.15, 0.2) is 0 Å². The van der Waals surface area contributed by atoms with Crippen molar-refractivity contribution in [1.29, 1.82) is 0 Å². The molecule has 12 rings (SSSR count). The lowest BCUT2D eigenvalue weighted by Gasteiger charge is -2.41. The van der Waals surface area contributed by atoms with Gasteiger partial charge in [0.1, 0.15) is 11.2 Å². The topological polar surface area (TPSA) is 21.3 Å². The Morgan fingerprint density at radius 3 is 2.06 bits per heavy atom. The maximum atomic E-state index is 6.78. The lowest BCUT2D eigenvalue weighted by molar-refractivity contribution is 0.669. The molecule has 220 valence electrons. The number of anilines is 3. The Morgan fingerprint density at radius 2 is 1.17 bits per heavy atom. The van der Waals surface area contributed by atoms with Gasteiger partial charge >= 0.3 is 6.85 Å². The molecule has 0 atom stereocenters. The van der Waals surface area contributed by atoms with E-state index in [2.05, 4.69) is 161 Å². The summed E-state index contributed by atoms with van der Waals surface area (Å²) in [6.07, 6.45) is 0. The van der Waals surface area contributed by atoms with Gasteiger partial charge in [-0.2, -0.15) is 0 Å². The number of hydrogen-bond acceptors (Lipinski definition) is 2. The van der Waals surface area contributed by atoms with Crippen LogP contribution in [-0.4, -0.2) is 11.3 Å². The second kappa shape index (κ2) is 8.75. The van der Waals surface area contributed by atoms with E-state index >= 15 is 0 Å². The Balaban J connectivity index is 1.38. The van der Waals surface area contributed by atoms with Gasteiger partial charge in [0.2, 0.25) is 0 Å². The van der Waals surface area contributed by atoms with Crippen molar-refractivity contribution < 1.29 is 4.42 Å². The molecule has 0 spiro atoms. The number of benzene rings is 8. The van der Waals surface area contributed by atoms with Crippen molar-refractivity contribution in [3.63, 3.8) is 0 Å². The Hall–Kier alpha value is -6.26. The molecule has 3 nitrogen and oxygen atoms in total. The summed E-state index contributed by atoms with van der Waals surface area (Å²) in [7, 11) is 0. The van der Waals surface area contributed by atoms with Gasteiger partial charge in [0, 0.05) is 43.5 Å². The highest BCUT2D eigenvalue weighted by Crippen LogP contribution is 2.51. The van der Waals surface area contributed by atoms with E-state index < -0.39 is 0 Å². The van der Waals surface area contributed by atoms with Crippen LogP contribution in [0.4, 0.5) is 17.1 Å². The van der Waals surface area contributed by atoms with Gasteiger partial charge < -0.3 is 13.8 Å². The third-order valence-electron chi connectivity index (χ3n) is 10.9. The Labute approximate surface area is 275 Å².